The minimum absolute atomic E-state index is 0.0193. The van der Waals surface area contributed by atoms with Crippen LogP contribution in [0.1, 0.15) is 39.8 Å². The lowest BCUT2D eigenvalue weighted by Gasteiger charge is -2.16. The molecule has 0 saturated heterocycles. The molecule has 1 heterocycles. The number of aryl methyl sites for hydroxylation is 1. The summed E-state index contributed by atoms with van der Waals surface area (Å²) in [4.78, 5) is 25.2. The van der Waals surface area contributed by atoms with Crippen LogP contribution in [0.25, 0.3) is 0 Å². The molecule has 1 aromatic carbocycles. The molecule has 0 radical (unpaired) electrons. The molecule has 1 aromatic heterocycles. The summed E-state index contributed by atoms with van der Waals surface area (Å²) in [5.41, 5.74) is 1.14. The zero-order valence-corrected chi connectivity index (χ0v) is 14.2. The van der Waals surface area contributed by atoms with Gasteiger partial charge in [-0.1, -0.05) is 29.8 Å². The minimum Gasteiger partial charge on any atom is -0.478 e. The van der Waals surface area contributed by atoms with Crippen LogP contribution < -0.4 is 0 Å². The van der Waals surface area contributed by atoms with E-state index in [0.29, 0.717) is 16.5 Å². The van der Waals surface area contributed by atoms with E-state index in [2.05, 4.69) is 0 Å². The van der Waals surface area contributed by atoms with Gasteiger partial charge in [0.05, 0.1) is 6.54 Å². The van der Waals surface area contributed by atoms with E-state index >= 15 is 0 Å². The number of halogens is 1. The van der Waals surface area contributed by atoms with Gasteiger partial charge < -0.3 is 14.4 Å². The predicted molar refractivity (Wildman–Crippen MR) is 89.2 cm³/mol. The van der Waals surface area contributed by atoms with Crippen LogP contribution in [0.4, 0.5) is 0 Å². The third kappa shape index (κ3) is 3.17. The van der Waals surface area contributed by atoms with Crippen LogP contribution in [0.5, 0.6) is 0 Å². The minimum atomic E-state index is -1.03. The molecule has 1 aliphatic rings. The topological polar surface area (TPSA) is 70.8 Å². The summed E-state index contributed by atoms with van der Waals surface area (Å²) in [5, 5.41) is 9.74. The largest absolute Gasteiger partial charge is 0.478 e. The summed E-state index contributed by atoms with van der Waals surface area (Å²) in [6.45, 7) is 1.85. The van der Waals surface area contributed by atoms with E-state index in [1.807, 2.05) is 24.3 Å². The Labute approximate surface area is 144 Å². The average Bonchev–Trinajstić information content (AvgIpc) is 3.23. The molecule has 6 heteroatoms. The highest BCUT2D eigenvalue weighted by molar-refractivity contribution is 6.31. The highest BCUT2D eigenvalue weighted by Gasteiger charge is 2.46. The van der Waals surface area contributed by atoms with E-state index in [9.17, 15) is 9.59 Å². The van der Waals surface area contributed by atoms with Crippen molar-refractivity contribution < 1.29 is 19.1 Å². The highest BCUT2D eigenvalue weighted by atomic mass is 35.5. The number of furan rings is 1. The van der Waals surface area contributed by atoms with Crippen LogP contribution in [-0.4, -0.2) is 28.9 Å². The number of carbonyl (C=O) groups is 2. The molecule has 24 heavy (non-hydrogen) atoms. The predicted octanol–water partition coefficient (Wildman–Crippen LogP) is 3.70. The van der Waals surface area contributed by atoms with E-state index in [4.69, 9.17) is 21.1 Å². The maximum Gasteiger partial charge on any atom is 0.339 e. The van der Waals surface area contributed by atoms with Gasteiger partial charge in [0.25, 0.3) is 0 Å². The van der Waals surface area contributed by atoms with Crippen molar-refractivity contribution >= 4 is 23.5 Å². The van der Waals surface area contributed by atoms with Crippen LogP contribution in [0.2, 0.25) is 5.02 Å². The Bertz CT molecular complexity index is 798. The van der Waals surface area contributed by atoms with Gasteiger partial charge in [-0.15, -0.1) is 0 Å². The standard InChI is InChI=1S/C18H18ClNO4/c1-10-13(18(22)23)7-11(24-10)9-20(2)17(21)15-8-14(15)12-5-3-4-6-16(12)19/h3-7,14-15H,8-9H2,1-2H3,(H,22,23)/t14-,15+/m1/s1. The molecule has 1 amide bonds. The van der Waals surface area contributed by atoms with Crippen molar-refractivity contribution in [3.8, 4) is 0 Å². The third-order valence-electron chi connectivity index (χ3n) is 4.38. The maximum atomic E-state index is 12.6. The van der Waals surface area contributed by atoms with Crippen molar-refractivity contribution in [3.63, 3.8) is 0 Å². The maximum absolute atomic E-state index is 12.6. The molecule has 0 aliphatic heterocycles. The van der Waals surface area contributed by atoms with Crippen molar-refractivity contribution in [2.24, 2.45) is 5.92 Å². The van der Waals surface area contributed by atoms with Crippen molar-refractivity contribution in [2.45, 2.75) is 25.8 Å². The molecule has 0 unspecified atom stereocenters. The van der Waals surface area contributed by atoms with Gasteiger partial charge in [-0.25, -0.2) is 4.79 Å². The molecule has 1 fully saturated rings. The van der Waals surface area contributed by atoms with Crippen molar-refractivity contribution in [1.29, 1.82) is 0 Å². The van der Waals surface area contributed by atoms with E-state index < -0.39 is 5.97 Å². The van der Waals surface area contributed by atoms with Crippen LogP contribution in [0.15, 0.2) is 34.7 Å². The number of benzene rings is 1. The molecule has 2 aromatic rings. The summed E-state index contributed by atoms with van der Waals surface area (Å²) >= 11 is 6.19. The zero-order chi connectivity index (χ0) is 17.4. The number of nitrogens with zero attached hydrogens (tertiary/aromatic N) is 1. The molecule has 1 saturated carbocycles. The number of carboxylic acid groups (broad SMARTS) is 1. The Kier molecular flexibility index (Phi) is 4.37. The number of rotatable bonds is 5. The molecule has 5 nitrogen and oxygen atoms in total. The van der Waals surface area contributed by atoms with Crippen molar-refractivity contribution in [3.05, 3.63) is 58.0 Å². The number of hydrogen-bond donors (Lipinski definition) is 1. The Morgan fingerprint density at radius 1 is 1.38 bits per heavy atom. The Morgan fingerprint density at radius 3 is 2.71 bits per heavy atom. The Balaban J connectivity index is 1.65. The zero-order valence-electron chi connectivity index (χ0n) is 13.5. The second kappa shape index (κ2) is 6.32. The van der Waals surface area contributed by atoms with Gasteiger partial charge in [0.2, 0.25) is 5.91 Å². The Hall–Kier alpha value is -2.27. The normalized spacial score (nSPS) is 19.1. The van der Waals surface area contributed by atoms with Gasteiger partial charge >= 0.3 is 5.97 Å². The van der Waals surface area contributed by atoms with Crippen LogP contribution >= 0.6 is 11.6 Å². The van der Waals surface area contributed by atoms with Crippen molar-refractivity contribution in [2.75, 3.05) is 7.05 Å². The van der Waals surface area contributed by atoms with E-state index in [1.54, 1.807) is 18.9 Å². The molecule has 0 bridgehead atoms. The second-order valence-corrected chi connectivity index (χ2v) is 6.56. The fourth-order valence-electron chi connectivity index (χ4n) is 3.02. The molecule has 1 aliphatic carbocycles. The Morgan fingerprint density at radius 2 is 2.08 bits per heavy atom. The average molecular weight is 348 g/mol. The SMILES string of the molecule is Cc1oc(CN(C)C(=O)[C@H]2C[C@@H]2c2ccccc2Cl)cc1C(=O)O. The van der Waals surface area contributed by atoms with E-state index in [1.165, 1.54) is 6.07 Å². The summed E-state index contributed by atoms with van der Waals surface area (Å²) in [6, 6.07) is 9.05. The monoisotopic (exact) mass is 347 g/mol. The quantitative estimate of drug-likeness (QED) is 0.895. The highest BCUT2D eigenvalue weighted by Crippen LogP contribution is 2.50. The second-order valence-electron chi connectivity index (χ2n) is 6.15. The van der Waals surface area contributed by atoms with Gasteiger partial charge in [-0.3, -0.25) is 4.79 Å². The van der Waals surface area contributed by atoms with Gasteiger partial charge in [-0.05, 0) is 37.0 Å². The van der Waals surface area contributed by atoms with Crippen LogP contribution in [-0.2, 0) is 11.3 Å². The first-order valence-corrected chi connectivity index (χ1v) is 8.08. The molecule has 1 N–H and O–H groups in total. The molecule has 0 spiro atoms. The lowest BCUT2D eigenvalue weighted by molar-refractivity contribution is -0.132. The number of carbonyl (C=O) groups excluding carboxylic acids is 1. The van der Waals surface area contributed by atoms with E-state index in [0.717, 1.165) is 12.0 Å². The van der Waals surface area contributed by atoms with Gasteiger partial charge in [0, 0.05) is 18.0 Å². The number of aromatic carboxylic acids is 1. The van der Waals surface area contributed by atoms with Crippen molar-refractivity contribution in [1.82, 2.24) is 4.90 Å². The smallest absolute Gasteiger partial charge is 0.339 e. The molecular formula is C18H18ClNO4. The fraction of sp³-hybridized carbons (Fsp3) is 0.333. The van der Waals surface area contributed by atoms with Gasteiger partial charge in [0.1, 0.15) is 17.1 Å². The first-order valence-electron chi connectivity index (χ1n) is 7.70. The molecule has 2 atom stereocenters. The summed E-state index contributed by atoms with van der Waals surface area (Å²) in [5.74, 6) is -0.121. The molecular weight excluding hydrogens is 330 g/mol. The summed E-state index contributed by atoms with van der Waals surface area (Å²) in [7, 11) is 1.70. The van der Waals surface area contributed by atoms with Gasteiger partial charge in [0.15, 0.2) is 0 Å². The first-order chi connectivity index (χ1) is 11.4. The summed E-state index contributed by atoms with van der Waals surface area (Å²) in [6.07, 6.45) is 0.782. The number of amides is 1. The molecule has 3 rings (SSSR count). The van der Waals surface area contributed by atoms with Gasteiger partial charge in [-0.2, -0.15) is 0 Å². The molecule has 126 valence electrons. The van der Waals surface area contributed by atoms with Crippen LogP contribution in [0, 0.1) is 12.8 Å². The number of hydrogen-bond acceptors (Lipinski definition) is 3. The third-order valence-corrected chi connectivity index (χ3v) is 4.72. The lowest BCUT2D eigenvalue weighted by Crippen LogP contribution is -2.27. The number of carboxylic acids is 1. The fourth-order valence-corrected chi connectivity index (χ4v) is 3.29. The summed E-state index contributed by atoms with van der Waals surface area (Å²) < 4.78 is 5.43. The lowest BCUT2D eigenvalue weighted by atomic mass is 10.1. The van der Waals surface area contributed by atoms with E-state index in [-0.39, 0.29) is 29.9 Å². The first kappa shape index (κ1) is 16.6. The van der Waals surface area contributed by atoms with Crippen LogP contribution in [0.3, 0.4) is 0 Å².